The molecule has 2 aromatic carbocycles. The summed E-state index contributed by atoms with van der Waals surface area (Å²) in [4.78, 5) is 27.7. The second-order valence-corrected chi connectivity index (χ2v) is 7.76. The van der Waals surface area contributed by atoms with Gasteiger partial charge in [0.1, 0.15) is 0 Å². The number of benzene rings is 2. The largest absolute Gasteiger partial charge is 0.274 e. The van der Waals surface area contributed by atoms with Crippen molar-refractivity contribution in [3.63, 3.8) is 0 Å². The van der Waals surface area contributed by atoms with Crippen molar-refractivity contribution < 1.29 is 9.59 Å². The second-order valence-electron chi connectivity index (χ2n) is 7.76. The Bertz CT molecular complexity index is 921. The number of hydrogen-bond acceptors (Lipinski definition) is 2. The van der Waals surface area contributed by atoms with Crippen molar-refractivity contribution >= 4 is 28.3 Å². The molecule has 3 fully saturated rings. The summed E-state index contributed by atoms with van der Waals surface area (Å²) in [5.41, 5.74) is 0.984. The van der Waals surface area contributed by atoms with Crippen LogP contribution in [-0.4, -0.2) is 11.8 Å². The summed E-state index contributed by atoms with van der Waals surface area (Å²) in [6, 6.07) is 13.9. The number of imide groups is 1. The Labute approximate surface area is 139 Å². The van der Waals surface area contributed by atoms with Gasteiger partial charge in [-0.3, -0.25) is 9.59 Å². The highest BCUT2D eigenvalue weighted by molar-refractivity contribution is 6.23. The van der Waals surface area contributed by atoms with Gasteiger partial charge in [0.2, 0.25) is 11.8 Å². The van der Waals surface area contributed by atoms with Gasteiger partial charge in [-0.05, 0) is 53.0 Å². The lowest BCUT2D eigenvalue weighted by Gasteiger charge is -2.22. The van der Waals surface area contributed by atoms with Crippen LogP contribution in [0.15, 0.2) is 54.6 Å². The molecular weight excluding hydrogens is 298 g/mol. The molecule has 3 nitrogen and oxygen atoms in total. The maximum absolute atomic E-state index is 13.1. The zero-order valence-corrected chi connectivity index (χ0v) is 13.2. The minimum Gasteiger partial charge on any atom is -0.274 e. The number of carbonyl (C=O) groups excluding carboxylic acids is 2. The summed E-state index contributed by atoms with van der Waals surface area (Å²) in [6.07, 6.45) is 6.79. The van der Waals surface area contributed by atoms with Crippen molar-refractivity contribution in [2.75, 3.05) is 4.90 Å². The molecule has 1 heterocycles. The first kappa shape index (κ1) is 12.9. The van der Waals surface area contributed by atoms with Gasteiger partial charge in [0.25, 0.3) is 0 Å². The predicted molar refractivity (Wildman–Crippen MR) is 91.2 cm³/mol. The molecule has 0 aromatic heterocycles. The van der Waals surface area contributed by atoms with Gasteiger partial charge in [-0.25, -0.2) is 4.90 Å². The van der Waals surface area contributed by atoms with Crippen molar-refractivity contribution in [1.82, 2.24) is 0 Å². The summed E-state index contributed by atoms with van der Waals surface area (Å²) in [7, 11) is 0. The molecular formula is C21H17NO2. The lowest BCUT2D eigenvalue weighted by atomic mass is 9.85. The number of fused-ring (bicyclic) bond motifs is 4. The third-order valence-corrected chi connectivity index (χ3v) is 6.84. The maximum atomic E-state index is 13.1. The lowest BCUT2D eigenvalue weighted by Crippen LogP contribution is -2.34. The normalized spacial score (nSPS) is 34.6. The van der Waals surface area contributed by atoms with E-state index in [2.05, 4.69) is 12.2 Å². The van der Waals surface area contributed by atoms with E-state index in [4.69, 9.17) is 0 Å². The summed E-state index contributed by atoms with van der Waals surface area (Å²) >= 11 is 0. The number of rotatable bonds is 1. The van der Waals surface area contributed by atoms with E-state index in [0.717, 1.165) is 16.5 Å². The summed E-state index contributed by atoms with van der Waals surface area (Å²) < 4.78 is 0. The first-order valence-electron chi connectivity index (χ1n) is 8.76. The smallest absolute Gasteiger partial charge is 0.238 e. The van der Waals surface area contributed by atoms with Crippen LogP contribution in [0.2, 0.25) is 0 Å². The first-order chi connectivity index (χ1) is 11.7. The predicted octanol–water partition coefficient (Wildman–Crippen LogP) is 3.54. The van der Waals surface area contributed by atoms with E-state index in [1.807, 2.05) is 42.5 Å². The molecule has 6 rings (SSSR count). The van der Waals surface area contributed by atoms with E-state index >= 15 is 0 Å². The van der Waals surface area contributed by atoms with Crippen molar-refractivity contribution in [2.24, 2.45) is 29.1 Å². The zero-order chi connectivity index (χ0) is 16.1. The third-order valence-electron chi connectivity index (χ3n) is 6.84. The molecule has 118 valence electrons. The number of nitrogens with zero attached hydrogens (tertiary/aromatic N) is 1. The quantitative estimate of drug-likeness (QED) is 0.596. The average Bonchev–Trinajstić information content (AvgIpc) is 3.20. The van der Waals surface area contributed by atoms with Gasteiger partial charge in [-0.15, -0.1) is 0 Å². The van der Waals surface area contributed by atoms with Crippen LogP contribution in [0.25, 0.3) is 10.8 Å². The Balaban J connectivity index is 1.45. The standard InChI is InChI=1S/C21H17NO2/c23-19-17-15-7-8-16(21(15)9-10-21)18(17)20(24)22(19)14-6-5-12-3-1-2-4-13(12)11-14/h1-8,11,15-18H,9-10H2/t15-,16+,17-,18-/m0/s1. The van der Waals surface area contributed by atoms with E-state index in [-0.39, 0.29) is 40.9 Å². The average molecular weight is 315 g/mol. The van der Waals surface area contributed by atoms with E-state index in [9.17, 15) is 9.59 Å². The molecule has 2 amide bonds. The highest BCUT2D eigenvalue weighted by Crippen LogP contribution is 2.73. The maximum Gasteiger partial charge on any atom is 0.238 e. The van der Waals surface area contributed by atoms with Gasteiger partial charge in [0, 0.05) is 0 Å². The van der Waals surface area contributed by atoms with Crippen LogP contribution in [0.1, 0.15) is 12.8 Å². The van der Waals surface area contributed by atoms with E-state index in [0.29, 0.717) is 0 Å². The Kier molecular flexibility index (Phi) is 2.14. The summed E-state index contributed by atoms with van der Waals surface area (Å²) in [5, 5.41) is 2.19. The molecule has 1 aliphatic heterocycles. The number of anilines is 1. The monoisotopic (exact) mass is 315 g/mol. The molecule has 3 heteroatoms. The Morgan fingerprint density at radius 2 is 1.46 bits per heavy atom. The van der Waals surface area contributed by atoms with E-state index < -0.39 is 0 Å². The van der Waals surface area contributed by atoms with Crippen LogP contribution in [0.3, 0.4) is 0 Å². The van der Waals surface area contributed by atoms with Crippen molar-refractivity contribution in [3.05, 3.63) is 54.6 Å². The van der Waals surface area contributed by atoms with Crippen molar-refractivity contribution in [2.45, 2.75) is 12.8 Å². The molecule has 1 saturated heterocycles. The van der Waals surface area contributed by atoms with Gasteiger partial charge >= 0.3 is 0 Å². The van der Waals surface area contributed by atoms with Gasteiger partial charge in [0.15, 0.2) is 0 Å². The van der Waals surface area contributed by atoms with Crippen molar-refractivity contribution in [3.8, 4) is 0 Å². The van der Waals surface area contributed by atoms with E-state index in [1.54, 1.807) is 0 Å². The fourth-order valence-electron chi connectivity index (χ4n) is 5.65. The molecule has 1 spiro atoms. The fraction of sp³-hybridized carbons (Fsp3) is 0.333. The van der Waals surface area contributed by atoms with Gasteiger partial charge < -0.3 is 0 Å². The first-order valence-corrected chi connectivity index (χ1v) is 8.76. The van der Waals surface area contributed by atoms with Gasteiger partial charge in [-0.2, -0.15) is 0 Å². The molecule has 2 aromatic rings. The molecule has 3 aliphatic carbocycles. The Morgan fingerprint density at radius 1 is 0.833 bits per heavy atom. The highest BCUT2D eigenvalue weighted by atomic mass is 16.2. The number of allylic oxidation sites excluding steroid dienone is 2. The highest BCUT2D eigenvalue weighted by Gasteiger charge is 2.73. The number of carbonyl (C=O) groups is 2. The van der Waals surface area contributed by atoms with Crippen molar-refractivity contribution in [1.29, 1.82) is 0 Å². The topological polar surface area (TPSA) is 37.4 Å². The van der Waals surface area contributed by atoms with Crippen LogP contribution >= 0.6 is 0 Å². The van der Waals surface area contributed by atoms with Crippen LogP contribution in [0.5, 0.6) is 0 Å². The molecule has 24 heavy (non-hydrogen) atoms. The minimum atomic E-state index is -0.124. The molecule has 4 atom stereocenters. The van der Waals surface area contributed by atoms with Crippen LogP contribution in [0.4, 0.5) is 5.69 Å². The van der Waals surface area contributed by atoms with Gasteiger partial charge in [-0.1, -0.05) is 42.5 Å². The van der Waals surface area contributed by atoms with Crippen LogP contribution in [0, 0.1) is 29.1 Å². The summed E-state index contributed by atoms with van der Waals surface area (Å²) in [5.74, 6) is 0.360. The van der Waals surface area contributed by atoms with Crippen LogP contribution in [-0.2, 0) is 9.59 Å². The summed E-state index contributed by atoms with van der Waals surface area (Å²) in [6.45, 7) is 0. The Morgan fingerprint density at radius 3 is 2.08 bits per heavy atom. The molecule has 0 unspecified atom stereocenters. The zero-order valence-electron chi connectivity index (χ0n) is 13.2. The SMILES string of the molecule is O=C1[C@@H]2[C@@H](C(=O)N1c1ccc3ccccc3c1)[C@@H]1C=C[C@H]2C12CC2. The number of hydrogen-bond donors (Lipinski definition) is 0. The molecule has 4 aliphatic rings. The van der Waals surface area contributed by atoms with Crippen LogP contribution < -0.4 is 4.90 Å². The second kappa shape index (κ2) is 3.97. The fourth-order valence-corrected chi connectivity index (χ4v) is 5.65. The minimum absolute atomic E-state index is 0.0170. The lowest BCUT2D eigenvalue weighted by molar-refractivity contribution is -0.123. The molecule has 0 radical (unpaired) electrons. The molecule has 0 N–H and O–H groups in total. The van der Waals surface area contributed by atoms with E-state index in [1.165, 1.54) is 17.7 Å². The number of amides is 2. The molecule has 2 saturated carbocycles. The van der Waals surface area contributed by atoms with Gasteiger partial charge in [0.05, 0.1) is 17.5 Å². The molecule has 2 bridgehead atoms. The third kappa shape index (κ3) is 1.32. The Hall–Kier alpha value is -2.42.